The summed E-state index contributed by atoms with van der Waals surface area (Å²) in [5.41, 5.74) is 6.00. The summed E-state index contributed by atoms with van der Waals surface area (Å²) in [6, 6.07) is 5.77. The lowest BCUT2D eigenvalue weighted by molar-refractivity contribution is 0.305. The molecule has 4 heterocycles. The summed E-state index contributed by atoms with van der Waals surface area (Å²) >= 11 is 6.34. The van der Waals surface area contributed by atoms with Gasteiger partial charge in [-0.25, -0.2) is 14.7 Å². The number of thiazole rings is 1. The maximum Gasteiger partial charge on any atom is 0.309 e. The Kier molecular flexibility index (Phi) is 4.86. The summed E-state index contributed by atoms with van der Waals surface area (Å²) < 4.78 is 22.9. The van der Waals surface area contributed by atoms with Crippen LogP contribution in [-0.4, -0.2) is 37.9 Å². The zero-order valence-corrected chi connectivity index (χ0v) is 17.9. The minimum Gasteiger partial charge on any atom is -0.344 e. The second-order valence-electron chi connectivity index (χ2n) is 6.79. The molecule has 3 aromatic rings. The zero-order chi connectivity index (χ0) is 20.0. The van der Waals surface area contributed by atoms with Crippen molar-refractivity contribution in [3.63, 3.8) is 0 Å². The maximum absolute atomic E-state index is 11.3. The Morgan fingerprint density at radius 1 is 1.34 bits per heavy atom. The lowest BCUT2D eigenvalue weighted by atomic mass is 10.2. The molecule has 150 valence electrons. The standard InChI is InChI=1S/C18H17ClN6O2S2/c1-11-7-14(17-22-27-29(26)23-17)21-25(11)10-12-8-13(19)9-15-16(12)20-18(28-15)24-5-3-2-4-6-24/h2-3,7-9H,4-6,10H2,1H3,(H,22,23). The molecule has 2 aliphatic rings. The fraction of sp³-hybridized carbons (Fsp3) is 0.278. The number of halogens is 1. The summed E-state index contributed by atoms with van der Waals surface area (Å²) in [5, 5.41) is 6.26. The molecule has 0 radical (unpaired) electrons. The predicted octanol–water partition coefficient (Wildman–Crippen LogP) is 3.13. The highest BCUT2D eigenvalue weighted by Gasteiger charge is 2.20. The third kappa shape index (κ3) is 3.68. The van der Waals surface area contributed by atoms with E-state index < -0.39 is 11.3 Å². The Hall–Kier alpha value is -2.27. The van der Waals surface area contributed by atoms with Gasteiger partial charge in [-0.2, -0.15) is 9.38 Å². The SMILES string of the molecule is Cc1cc(C2=NS(=O)ON2)nn1Cc1cc(Cl)cc2sc(N3CC=CCC3)nc12. The van der Waals surface area contributed by atoms with Crippen LogP contribution in [0.5, 0.6) is 0 Å². The quantitative estimate of drug-likeness (QED) is 0.617. The van der Waals surface area contributed by atoms with E-state index in [1.807, 2.05) is 29.8 Å². The van der Waals surface area contributed by atoms with Crippen LogP contribution in [0.25, 0.3) is 10.2 Å². The minimum atomic E-state index is -1.72. The normalized spacial score (nSPS) is 19.0. The fourth-order valence-electron chi connectivity index (χ4n) is 3.35. The fourth-order valence-corrected chi connectivity index (χ4v) is 5.21. The van der Waals surface area contributed by atoms with Crippen molar-refractivity contribution in [3.8, 4) is 0 Å². The van der Waals surface area contributed by atoms with E-state index in [0.717, 1.165) is 46.1 Å². The number of hydroxylamine groups is 1. The molecule has 2 aliphatic heterocycles. The van der Waals surface area contributed by atoms with E-state index in [0.29, 0.717) is 23.1 Å². The van der Waals surface area contributed by atoms with E-state index in [9.17, 15) is 4.21 Å². The van der Waals surface area contributed by atoms with Gasteiger partial charge in [0.2, 0.25) is 0 Å². The summed E-state index contributed by atoms with van der Waals surface area (Å²) in [6.07, 6.45) is 5.41. The zero-order valence-electron chi connectivity index (χ0n) is 15.5. The Morgan fingerprint density at radius 2 is 2.24 bits per heavy atom. The number of nitrogens with zero attached hydrogens (tertiary/aromatic N) is 5. The number of hydrogen-bond acceptors (Lipinski definition) is 7. The lowest BCUT2D eigenvalue weighted by Crippen LogP contribution is -2.26. The molecule has 0 saturated carbocycles. The van der Waals surface area contributed by atoms with Crippen molar-refractivity contribution in [2.75, 3.05) is 18.0 Å². The van der Waals surface area contributed by atoms with Crippen LogP contribution in [0.1, 0.15) is 23.4 Å². The predicted molar refractivity (Wildman–Crippen MR) is 116 cm³/mol. The van der Waals surface area contributed by atoms with Crippen LogP contribution in [0, 0.1) is 6.92 Å². The molecule has 1 N–H and O–H groups in total. The van der Waals surface area contributed by atoms with Gasteiger partial charge < -0.3 is 4.90 Å². The Balaban J connectivity index is 1.49. The highest BCUT2D eigenvalue weighted by molar-refractivity contribution is 7.79. The number of aryl methyl sites for hydroxylation is 1. The van der Waals surface area contributed by atoms with E-state index in [1.165, 1.54) is 0 Å². The number of rotatable bonds is 4. The van der Waals surface area contributed by atoms with Crippen molar-refractivity contribution >= 4 is 55.4 Å². The number of anilines is 1. The number of nitrogens with one attached hydrogen (secondary N) is 1. The van der Waals surface area contributed by atoms with Crippen molar-refractivity contribution in [2.45, 2.75) is 19.9 Å². The highest BCUT2D eigenvalue weighted by atomic mass is 35.5. The second kappa shape index (κ2) is 7.52. The lowest BCUT2D eigenvalue weighted by Gasteiger charge is -2.22. The van der Waals surface area contributed by atoms with Crippen molar-refractivity contribution in [2.24, 2.45) is 4.40 Å². The molecule has 0 fully saturated rings. The number of aromatic nitrogens is 3. The Labute approximate surface area is 178 Å². The third-order valence-electron chi connectivity index (χ3n) is 4.78. The first-order valence-electron chi connectivity index (χ1n) is 9.04. The van der Waals surface area contributed by atoms with E-state index in [4.69, 9.17) is 20.9 Å². The summed E-state index contributed by atoms with van der Waals surface area (Å²) in [4.78, 5) is 7.19. The van der Waals surface area contributed by atoms with Crippen LogP contribution < -0.4 is 10.4 Å². The van der Waals surface area contributed by atoms with Crippen LogP contribution >= 0.6 is 22.9 Å². The van der Waals surface area contributed by atoms with Gasteiger partial charge in [0.1, 0.15) is 5.69 Å². The molecule has 8 nitrogen and oxygen atoms in total. The van der Waals surface area contributed by atoms with E-state index in [1.54, 1.807) is 11.3 Å². The molecule has 0 spiro atoms. The average molecular weight is 449 g/mol. The molecule has 0 bridgehead atoms. The second-order valence-corrected chi connectivity index (χ2v) is 9.01. The average Bonchev–Trinajstić information content (AvgIpc) is 3.41. The molecule has 29 heavy (non-hydrogen) atoms. The van der Waals surface area contributed by atoms with Gasteiger partial charge in [0, 0.05) is 29.4 Å². The Bertz CT molecular complexity index is 1180. The van der Waals surface area contributed by atoms with Crippen LogP contribution in [0.2, 0.25) is 5.02 Å². The Morgan fingerprint density at radius 3 is 3.00 bits per heavy atom. The molecule has 1 unspecified atom stereocenters. The number of fused-ring (bicyclic) bond motifs is 1. The van der Waals surface area contributed by atoms with Crippen LogP contribution in [0.15, 0.2) is 34.7 Å². The first-order valence-corrected chi connectivity index (χ1v) is 11.3. The summed E-state index contributed by atoms with van der Waals surface area (Å²) in [5.74, 6) is 0.357. The molecule has 2 aromatic heterocycles. The van der Waals surface area contributed by atoms with Crippen LogP contribution in [-0.2, 0) is 22.1 Å². The van der Waals surface area contributed by atoms with Gasteiger partial charge in [0.25, 0.3) is 0 Å². The minimum absolute atomic E-state index is 0.357. The summed E-state index contributed by atoms with van der Waals surface area (Å²) in [6.45, 7) is 4.32. The third-order valence-corrected chi connectivity index (χ3v) is 6.61. The largest absolute Gasteiger partial charge is 0.344 e. The monoisotopic (exact) mass is 448 g/mol. The van der Waals surface area contributed by atoms with Gasteiger partial charge in [-0.1, -0.05) is 35.1 Å². The maximum atomic E-state index is 11.3. The molecule has 0 amide bonds. The molecule has 0 aliphatic carbocycles. The van der Waals surface area contributed by atoms with E-state index in [2.05, 4.69) is 32.0 Å². The smallest absolute Gasteiger partial charge is 0.309 e. The molecule has 0 saturated heterocycles. The molecule has 11 heteroatoms. The van der Waals surface area contributed by atoms with Crippen molar-refractivity contribution in [1.82, 2.24) is 20.2 Å². The van der Waals surface area contributed by atoms with Crippen molar-refractivity contribution in [3.05, 3.63) is 52.3 Å². The van der Waals surface area contributed by atoms with Gasteiger partial charge in [-0.3, -0.25) is 4.68 Å². The van der Waals surface area contributed by atoms with Gasteiger partial charge in [-0.15, -0.1) is 4.40 Å². The molecule has 1 aromatic carbocycles. The first-order chi connectivity index (χ1) is 14.1. The van der Waals surface area contributed by atoms with E-state index >= 15 is 0 Å². The van der Waals surface area contributed by atoms with Crippen molar-refractivity contribution in [1.29, 1.82) is 0 Å². The molecule has 1 atom stereocenters. The van der Waals surface area contributed by atoms with Gasteiger partial charge in [0.05, 0.1) is 16.8 Å². The van der Waals surface area contributed by atoms with Crippen LogP contribution in [0.4, 0.5) is 5.13 Å². The number of benzene rings is 1. The molecular weight excluding hydrogens is 432 g/mol. The van der Waals surface area contributed by atoms with Gasteiger partial charge in [0.15, 0.2) is 11.0 Å². The molecular formula is C18H17ClN6O2S2. The van der Waals surface area contributed by atoms with E-state index in [-0.39, 0.29) is 0 Å². The molecule has 5 rings (SSSR count). The topological polar surface area (TPSA) is 84.6 Å². The van der Waals surface area contributed by atoms with Crippen LogP contribution in [0.3, 0.4) is 0 Å². The van der Waals surface area contributed by atoms with Gasteiger partial charge in [-0.05, 0) is 31.5 Å². The van der Waals surface area contributed by atoms with Gasteiger partial charge >= 0.3 is 11.3 Å². The van der Waals surface area contributed by atoms with Crippen molar-refractivity contribution < 1.29 is 8.49 Å². The summed E-state index contributed by atoms with van der Waals surface area (Å²) in [7, 11) is 0. The number of hydrogen-bond donors (Lipinski definition) is 1. The highest BCUT2D eigenvalue weighted by Crippen LogP contribution is 2.34. The number of amidine groups is 1. The first kappa shape index (κ1) is 18.7.